The van der Waals surface area contributed by atoms with E-state index < -0.39 is 17.5 Å². The number of aromatic nitrogens is 3. The number of piperazine rings is 1. The van der Waals surface area contributed by atoms with Gasteiger partial charge in [0.15, 0.2) is 5.65 Å². The SMILES string of the molecule is CC#Cc1cc2cnc(Nc3ccc(N4CCN(C)CC4)cc3)nc2n(C(F)(F)F)c1=O. The molecule has 3 heterocycles. The first-order chi connectivity index (χ1) is 15.3. The quantitative estimate of drug-likeness (QED) is 0.629. The van der Waals surface area contributed by atoms with Gasteiger partial charge < -0.3 is 15.1 Å². The summed E-state index contributed by atoms with van der Waals surface area (Å²) in [5.74, 6) is 4.82. The zero-order chi connectivity index (χ0) is 22.9. The molecule has 0 aliphatic carbocycles. The number of nitrogens with one attached hydrogen (secondary N) is 1. The summed E-state index contributed by atoms with van der Waals surface area (Å²) < 4.78 is 40.6. The topological polar surface area (TPSA) is 66.3 Å². The minimum absolute atomic E-state index is 0.0448. The first kappa shape index (κ1) is 21.6. The molecule has 0 radical (unpaired) electrons. The van der Waals surface area contributed by atoms with Crippen LogP contribution in [0.25, 0.3) is 11.0 Å². The van der Waals surface area contributed by atoms with Crippen molar-refractivity contribution in [2.75, 3.05) is 43.4 Å². The molecule has 32 heavy (non-hydrogen) atoms. The van der Waals surface area contributed by atoms with Gasteiger partial charge in [0, 0.05) is 49.1 Å². The third-order valence-electron chi connectivity index (χ3n) is 5.25. The summed E-state index contributed by atoms with van der Waals surface area (Å²) in [6.07, 6.45) is -3.71. The summed E-state index contributed by atoms with van der Waals surface area (Å²) >= 11 is 0. The summed E-state index contributed by atoms with van der Waals surface area (Å²) in [6, 6.07) is 8.78. The van der Waals surface area contributed by atoms with Crippen molar-refractivity contribution in [3.63, 3.8) is 0 Å². The van der Waals surface area contributed by atoms with E-state index in [4.69, 9.17) is 0 Å². The molecule has 1 aliphatic rings. The van der Waals surface area contributed by atoms with Crippen LogP contribution in [0.5, 0.6) is 0 Å². The normalized spacial score (nSPS) is 14.8. The Bertz CT molecular complexity index is 1250. The molecule has 3 aromatic rings. The molecule has 0 bridgehead atoms. The number of pyridine rings is 1. The average Bonchev–Trinajstić information content (AvgIpc) is 2.75. The highest BCUT2D eigenvalue weighted by molar-refractivity contribution is 5.77. The summed E-state index contributed by atoms with van der Waals surface area (Å²) in [4.78, 5) is 25.0. The second-order valence-corrected chi connectivity index (χ2v) is 7.48. The van der Waals surface area contributed by atoms with E-state index in [2.05, 4.69) is 44.0 Å². The predicted molar refractivity (Wildman–Crippen MR) is 117 cm³/mol. The largest absolute Gasteiger partial charge is 0.493 e. The van der Waals surface area contributed by atoms with Crippen LogP contribution in [0, 0.1) is 11.8 Å². The summed E-state index contributed by atoms with van der Waals surface area (Å²) in [5.41, 5.74) is -0.368. The first-order valence-electron chi connectivity index (χ1n) is 9.99. The molecule has 10 heteroatoms. The van der Waals surface area contributed by atoms with Gasteiger partial charge in [-0.3, -0.25) is 4.79 Å². The van der Waals surface area contributed by atoms with Gasteiger partial charge in [-0.2, -0.15) is 9.55 Å². The van der Waals surface area contributed by atoms with Crippen molar-refractivity contribution in [2.24, 2.45) is 0 Å². The van der Waals surface area contributed by atoms with E-state index in [1.807, 2.05) is 24.3 Å². The van der Waals surface area contributed by atoms with Gasteiger partial charge in [0.05, 0.1) is 5.56 Å². The second-order valence-electron chi connectivity index (χ2n) is 7.48. The Balaban J connectivity index is 1.64. The van der Waals surface area contributed by atoms with Crippen molar-refractivity contribution in [3.8, 4) is 11.8 Å². The molecular formula is C22H21F3N6O. The smallest absolute Gasteiger partial charge is 0.369 e. The van der Waals surface area contributed by atoms with Gasteiger partial charge in [-0.05, 0) is 44.3 Å². The highest BCUT2D eigenvalue weighted by atomic mass is 19.4. The number of benzene rings is 1. The number of likely N-dealkylation sites (N-methyl/N-ethyl adjacent to an activating group) is 1. The third kappa shape index (κ3) is 4.38. The van der Waals surface area contributed by atoms with Crippen LogP contribution in [0.15, 0.2) is 41.3 Å². The molecule has 0 unspecified atom stereocenters. The maximum Gasteiger partial charge on any atom is 0.493 e. The van der Waals surface area contributed by atoms with Crippen LogP contribution in [0.2, 0.25) is 0 Å². The Morgan fingerprint density at radius 1 is 1.09 bits per heavy atom. The van der Waals surface area contributed by atoms with Crippen LogP contribution in [-0.2, 0) is 6.30 Å². The monoisotopic (exact) mass is 442 g/mol. The molecule has 1 N–H and O–H groups in total. The van der Waals surface area contributed by atoms with Gasteiger partial charge in [0.1, 0.15) is 0 Å². The average molecular weight is 442 g/mol. The second kappa shape index (κ2) is 8.51. The lowest BCUT2D eigenvalue weighted by atomic mass is 10.2. The van der Waals surface area contributed by atoms with Crippen molar-refractivity contribution >= 4 is 28.4 Å². The molecule has 7 nitrogen and oxygen atoms in total. The van der Waals surface area contributed by atoms with Gasteiger partial charge in [0.2, 0.25) is 5.95 Å². The fraction of sp³-hybridized carbons (Fsp3) is 0.318. The minimum atomic E-state index is -4.95. The summed E-state index contributed by atoms with van der Waals surface area (Å²) in [5, 5.41) is 2.98. The number of hydrogen-bond donors (Lipinski definition) is 1. The van der Waals surface area contributed by atoms with E-state index in [9.17, 15) is 18.0 Å². The van der Waals surface area contributed by atoms with Crippen molar-refractivity contribution in [3.05, 3.63) is 52.4 Å². The molecule has 1 saturated heterocycles. The number of fused-ring (bicyclic) bond motifs is 1. The summed E-state index contributed by atoms with van der Waals surface area (Å²) in [6.45, 7) is 5.27. The molecular weight excluding hydrogens is 421 g/mol. The number of nitrogens with zero attached hydrogens (tertiary/aromatic N) is 5. The Kier molecular flexibility index (Phi) is 5.76. The van der Waals surface area contributed by atoms with Crippen LogP contribution in [0.1, 0.15) is 12.5 Å². The zero-order valence-electron chi connectivity index (χ0n) is 17.6. The van der Waals surface area contributed by atoms with E-state index in [0.717, 1.165) is 31.9 Å². The summed E-state index contributed by atoms with van der Waals surface area (Å²) in [7, 11) is 2.09. The Labute approximate surface area is 182 Å². The van der Waals surface area contributed by atoms with Crippen LogP contribution < -0.4 is 15.8 Å². The molecule has 0 atom stereocenters. The fourth-order valence-electron chi connectivity index (χ4n) is 3.57. The molecule has 1 fully saturated rings. The van der Waals surface area contributed by atoms with Crippen molar-refractivity contribution in [1.82, 2.24) is 19.4 Å². The van der Waals surface area contributed by atoms with Gasteiger partial charge in [0.25, 0.3) is 5.56 Å². The lowest BCUT2D eigenvalue weighted by molar-refractivity contribution is -0.203. The van der Waals surface area contributed by atoms with Gasteiger partial charge in [-0.25, -0.2) is 4.98 Å². The molecule has 2 aromatic heterocycles. The zero-order valence-corrected chi connectivity index (χ0v) is 17.6. The molecule has 1 aliphatic heterocycles. The Morgan fingerprint density at radius 2 is 1.78 bits per heavy atom. The van der Waals surface area contributed by atoms with Gasteiger partial charge in [-0.1, -0.05) is 5.92 Å². The highest BCUT2D eigenvalue weighted by Crippen LogP contribution is 2.26. The number of alkyl halides is 3. The molecule has 166 valence electrons. The van der Waals surface area contributed by atoms with Crippen LogP contribution in [0.4, 0.5) is 30.5 Å². The van der Waals surface area contributed by atoms with Crippen molar-refractivity contribution < 1.29 is 13.2 Å². The molecule has 1 aromatic carbocycles. The first-order valence-corrected chi connectivity index (χ1v) is 9.99. The lowest BCUT2D eigenvalue weighted by Crippen LogP contribution is -2.44. The Hall–Kier alpha value is -3.58. The van der Waals surface area contributed by atoms with Crippen LogP contribution >= 0.6 is 0 Å². The fourth-order valence-corrected chi connectivity index (χ4v) is 3.57. The van der Waals surface area contributed by atoms with E-state index >= 15 is 0 Å². The molecule has 0 saturated carbocycles. The van der Waals surface area contributed by atoms with Crippen molar-refractivity contribution in [1.29, 1.82) is 0 Å². The molecule has 4 rings (SSSR count). The number of halogens is 3. The third-order valence-corrected chi connectivity index (χ3v) is 5.25. The minimum Gasteiger partial charge on any atom is -0.369 e. The highest BCUT2D eigenvalue weighted by Gasteiger charge is 2.35. The maximum atomic E-state index is 13.6. The standard InChI is InChI=1S/C22H21F3N6O/c1-3-4-15-13-16-14-26-21(28-19(16)31(20(15)32)22(23,24)25)27-17-5-7-18(8-6-17)30-11-9-29(2)10-12-30/h5-8,13-14H,9-12H2,1-2H3,(H,26,27,28). The predicted octanol–water partition coefficient (Wildman–Crippen LogP) is 3.13. The Morgan fingerprint density at radius 3 is 2.41 bits per heavy atom. The lowest BCUT2D eigenvalue weighted by Gasteiger charge is -2.34. The van der Waals surface area contributed by atoms with Crippen LogP contribution in [0.3, 0.4) is 0 Å². The van der Waals surface area contributed by atoms with E-state index in [-0.39, 0.29) is 21.5 Å². The maximum absolute atomic E-state index is 13.6. The molecule has 0 spiro atoms. The van der Waals surface area contributed by atoms with Crippen molar-refractivity contribution in [2.45, 2.75) is 13.2 Å². The number of anilines is 3. The van der Waals surface area contributed by atoms with E-state index in [1.165, 1.54) is 19.2 Å². The number of rotatable bonds is 3. The molecule has 0 amide bonds. The van der Waals surface area contributed by atoms with Gasteiger partial charge >= 0.3 is 6.30 Å². The number of hydrogen-bond acceptors (Lipinski definition) is 6. The van der Waals surface area contributed by atoms with Crippen LogP contribution in [-0.4, -0.2) is 52.7 Å². The van der Waals surface area contributed by atoms with E-state index in [1.54, 1.807) is 0 Å². The van der Waals surface area contributed by atoms with Gasteiger partial charge in [-0.15, -0.1) is 19.1 Å². The van der Waals surface area contributed by atoms with E-state index in [0.29, 0.717) is 5.69 Å².